The maximum Gasteiger partial charge on any atom is 0.280 e. The van der Waals surface area contributed by atoms with Gasteiger partial charge in [-0.2, -0.15) is 8.42 Å². The largest absolute Gasteiger partial charge is 0.504 e. The lowest BCUT2D eigenvalue weighted by Crippen LogP contribution is -2.14. The average Bonchev–Trinajstić information content (AvgIpc) is 2.83. The van der Waals surface area contributed by atoms with Crippen LogP contribution >= 0.6 is 0 Å². The van der Waals surface area contributed by atoms with Gasteiger partial charge in [-0.15, -0.1) is 0 Å². The van der Waals surface area contributed by atoms with E-state index in [1.807, 2.05) is 6.92 Å². The molecule has 3 N–H and O–H groups in total. The first-order chi connectivity index (χ1) is 8.92. The van der Waals surface area contributed by atoms with Crippen LogP contribution in [0.1, 0.15) is 18.4 Å². The Bertz CT molecular complexity index is 694. The fourth-order valence-electron chi connectivity index (χ4n) is 1.47. The topological polar surface area (TPSA) is 108 Å². The van der Waals surface area contributed by atoms with Crippen LogP contribution in [0.25, 0.3) is 0 Å². The SMILES string of the molecule is CCc1ncc(S(=O)(=O)Nc2nc(C)ccc2O)[nH]1. The van der Waals surface area contributed by atoms with E-state index in [4.69, 9.17) is 0 Å². The highest BCUT2D eigenvalue weighted by atomic mass is 32.2. The van der Waals surface area contributed by atoms with Gasteiger partial charge in [-0.25, -0.2) is 9.97 Å². The molecule has 0 aromatic carbocycles. The zero-order chi connectivity index (χ0) is 14.0. The van der Waals surface area contributed by atoms with Crippen molar-refractivity contribution in [2.75, 3.05) is 4.72 Å². The van der Waals surface area contributed by atoms with Crippen LogP contribution in [0.4, 0.5) is 5.82 Å². The van der Waals surface area contributed by atoms with Crippen LogP contribution in [-0.2, 0) is 16.4 Å². The first-order valence-corrected chi connectivity index (χ1v) is 7.14. The van der Waals surface area contributed by atoms with Crippen LogP contribution in [0.3, 0.4) is 0 Å². The van der Waals surface area contributed by atoms with Crippen LogP contribution < -0.4 is 4.72 Å². The van der Waals surface area contributed by atoms with Gasteiger partial charge in [-0.3, -0.25) is 4.72 Å². The smallest absolute Gasteiger partial charge is 0.280 e. The van der Waals surface area contributed by atoms with Crippen molar-refractivity contribution >= 4 is 15.8 Å². The van der Waals surface area contributed by atoms with Crippen LogP contribution in [0, 0.1) is 6.92 Å². The number of aromatic amines is 1. The van der Waals surface area contributed by atoms with E-state index in [1.165, 1.54) is 12.3 Å². The third-order valence-corrected chi connectivity index (χ3v) is 3.72. The number of aromatic hydroxyl groups is 1. The number of anilines is 1. The number of rotatable bonds is 4. The maximum atomic E-state index is 12.1. The van der Waals surface area contributed by atoms with Gasteiger partial charge in [0.1, 0.15) is 5.82 Å². The molecule has 2 aromatic rings. The number of H-pyrrole nitrogens is 1. The molecule has 0 fully saturated rings. The first-order valence-electron chi connectivity index (χ1n) is 5.65. The molecule has 0 bridgehead atoms. The van der Waals surface area contributed by atoms with Gasteiger partial charge < -0.3 is 10.1 Å². The lowest BCUT2D eigenvalue weighted by Gasteiger charge is -2.07. The molecule has 0 aliphatic heterocycles. The molecule has 7 nitrogen and oxygen atoms in total. The van der Waals surface area contributed by atoms with Crippen molar-refractivity contribution in [1.29, 1.82) is 0 Å². The van der Waals surface area contributed by atoms with Crippen molar-refractivity contribution in [2.24, 2.45) is 0 Å². The van der Waals surface area contributed by atoms with Gasteiger partial charge in [-0.05, 0) is 19.1 Å². The van der Waals surface area contributed by atoms with Crippen molar-refractivity contribution in [3.8, 4) is 5.75 Å². The lowest BCUT2D eigenvalue weighted by molar-refractivity contribution is 0.475. The monoisotopic (exact) mass is 282 g/mol. The van der Waals surface area contributed by atoms with E-state index in [1.54, 1.807) is 13.0 Å². The standard InChI is InChI=1S/C11H14N4O3S/c1-3-9-12-6-10(14-9)19(17,18)15-11-8(16)5-4-7(2)13-11/h4-6,16H,3H2,1-2H3,(H,12,14)(H,13,15). The summed E-state index contributed by atoms with van der Waals surface area (Å²) in [5.74, 6) is 0.235. The number of hydrogen-bond donors (Lipinski definition) is 3. The molecule has 0 unspecified atom stereocenters. The number of nitrogens with zero attached hydrogens (tertiary/aromatic N) is 2. The second-order valence-electron chi connectivity index (χ2n) is 3.97. The fraction of sp³-hybridized carbons (Fsp3) is 0.273. The van der Waals surface area contributed by atoms with Crippen molar-refractivity contribution < 1.29 is 13.5 Å². The predicted octanol–water partition coefficient (Wildman–Crippen LogP) is 1.18. The van der Waals surface area contributed by atoms with E-state index in [0.717, 1.165) is 0 Å². The molecule has 2 rings (SSSR count). The predicted molar refractivity (Wildman–Crippen MR) is 69.4 cm³/mol. The summed E-state index contributed by atoms with van der Waals surface area (Å²) in [6.45, 7) is 3.55. The Morgan fingerprint density at radius 1 is 1.42 bits per heavy atom. The molecular formula is C11H14N4O3S. The number of nitrogens with one attached hydrogen (secondary N) is 2. The van der Waals surface area contributed by atoms with E-state index < -0.39 is 10.0 Å². The molecule has 19 heavy (non-hydrogen) atoms. The molecule has 0 saturated carbocycles. The average molecular weight is 282 g/mol. The van der Waals surface area contributed by atoms with Gasteiger partial charge in [0.05, 0.1) is 6.20 Å². The fourth-order valence-corrected chi connectivity index (χ4v) is 2.42. The van der Waals surface area contributed by atoms with Crippen LogP contribution in [0.2, 0.25) is 0 Å². The molecule has 8 heteroatoms. The summed E-state index contributed by atoms with van der Waals surface area (Å²) in [6.07, 6.45) is 1.83. The van der Waals surface area contributed by atoms with E-state index >= 15 is 0 Å². The summed E-state index contributed by atoms with van der Waals surface area (Å²) in [7, 11) is -3.83. The van der Waals surface area contributed by atoms with E-state index in [-0.39, 0.29) is 16.6 Å². The van der Waals surface area contributed by atoms with Gasteiger partial charge >= 0.3 is 0 Å². The minimum absolute atomic E-state index is 0.0629. The molecule has 0 atom stereocenters. The molecule has 0 radical (unpaired) electrons. The molecule has 0 aliphatic rings. The zero-order valence-electron chi connectivity index (χ0n) is 10.5. The second kappa shape index (κ2) is 4.88. The Hall–Kier alpha value is -2.09. The van der Waals surface area contributed by atoms with Gasteiger partial charge in [0.25, 0.3) is 10.0 Å². The van der Waals surface area contributed by atoms with Crippen molar-refractivity contribution in [2.45, 2.75) is 25.3 Å². The molecule has 2 heterocycles. The summed E-state index contributed by atoms with van der Waals surface area (Å²) < 4.78 is 26.3. The molecule has 0 saturated heterocycles. The quantitative estimate of drug-likeness (QED) is 0.780. The Balaban J connectivity index is 2.33. The molecule has 0 aliphatic carbocycles. The number of imidazole rings is 1. The Kier molecular flexibility index (Phi) is 3.43. The van der Waals surface area contributed by atoms with Gasteiger partial charge in [0, 0.05) is 12.1 Å². The summed E-state index contributed by atoms with van der Waals surface area (Å²) in [5.41, 5.74) is 0.592. The minimum atomic E-state index is -3.83. The number of pyridine rings is 1. The molecule has 0 spiro atoms. The number of aromatic nitrogens is 3. The van der Waals surface area contributed by atoms with Crippen LogP contribution in [-0.4, -0.2) is 28.5 Å². The minimum Gasteiger partial charge on any atom is -0.504 e. The van der Waals surface area contributed by atoms with E-state index in [0.29, 0.717) is 17.9 Å². The van der Waals surface area contributed by atoms with Gasteiger partial charge in [0.15, 0.2) is 16.6 Å². The Labute approximate surface area is 110 Å². The molecule has 2 aromatic heterocycles. The maximum absolute atomic E-state index is 12.1. The van der Waals surface area contributed by atoms with Gasteiger partial charge in [-0.1, -0.05) is 6.92 Å². The second-order valence-corrected chi connectivity index (χ2v) is 5.62. The Morgan fingerprint density at radius 2 is 2.16 bits per heavy atom. The summed E-state index contributed by atoms with van der Waals surface area (Å²) in [4.78, 5) is 10.5. The molecular weight excluding hydrogens is 268 g/mol. The molecule has 102 valence electrons. The van der Waals surface area contributed by atoms with E-state index in [2.05, 4.69) is 19.7 Å². The number of hydrogen-bond acceptors (Lipinski definition) is 5. The third-order valence-electron chi connectivity index (χ3n) is 2.47. The highest BCUT2D eigenvalue weighted by Crippen LogP contribution is 2.23. The normalized spacial score (nSPS) is 11.5. The number of aryl methyl sites for hydroxylation is 2. The van der Waals surface area contributed by atoms with Crippen molar-refractivity contribution in [1.82, 2.24) is 15.0 Å². The summed E-state index contributed by atoms with van der Waals surface area (Å²) in [6, 6.07) is 2.96. The number of sulfonamides is 1. The van der Waals surface area contributed by atoms with Crippen LogP contribution in [0.15, 0.2) is 23.4 Å². The van der Waals surface area contributed by atoms with Crippen molar-refractivity contribution in [3.05, 3.63) is 29.8 Å². The van der Waals surface area contributed by atoms with E-state index in [9.17, 15) is 13.5 Å². The first kappa shape index (κ1) is 13.3. The molecule has 0 amide bonds. The summed E-state index contributed by atoms with van der Waals surface area (Å²) in [5, 5.41) is 9.52. The van der Waals surface area contributed by atoms with Crippen LogP contribution in [0.5, 0.6) is 5.75 Å². The highest BCUT2D eigenvalue weighted by Gasteiger charge is 2.19. The Morgan fingerprint density at radius 3 is 2.79 bits per heavy atom. The zero-order valence-corrected chi connectivity index (χ0v) is 11.3. The lowest BCUT2D eigenvalue weighted by atomic mass is 10.3. The third kappa shape index (κ3) is 2.84. The van der Waals surface area contributed by atoms with Gasteiger partial charge in [0.2, 0.25) is 0 Å². The van der Waals surface area contributed by atoms with Crippen molar-refractivity contribution in [3.63, 3.8) is 0 Å². The highest BCUT2D eigenvalue weighted by molar-refractivity contribution is 7.92. The summed E-state index contributed by atoms with van der Waals surface area (Å²) >= 11 is 0.